The number of benzene rings is 3. The van der Waals surface area contributed by atoms with Crippen LogP contribution in [0.1, 0.15) is 16.7 Å². The van der Waals surface area contributed by atoms with Crippen LogP contribution in [0.25, 0.3) is 0 Å². The lowest BCUT2D eigenvalue weighted by molar-refractivity contribution is -0.117. The van der Waals surface area contributed by atoms with E-state index >= 15 is 0 Å². The van der Waals surface area contributed by atoms with Crippen LogP contribution in [-0.4, -0.2) is 54.2 Å². The van der Waals surface area contributed by atoms with Crippen molar-refractivity contribution in [3.63, 3.8) is 0 Å². The Morgan fingerprint density at radius 1 is 0.892 bits per heavy atom. The van der Waals surface area contributed by atoms with Crippen LogP contribution in [-0.2, 0) is 31.3 Å². The minimum Gasteiger partial charge on any atom is -0.310 e. The molecule has 1 amide bonds. The first-order valence-electron chi connectivity index (χ1n) is 11.5. The molecule has 4 rings (SSSR count). The van der Waals surface area contributed by atoms with Gasteiger partial charge in [0, 0.05) is 31.4 Å². The van der Waals surface area contributed by atoms with Crippen molar-refractivity contribution in [3.05, 3.63) is 82.4 Å². The molecule has 0 aromatic heterocycles. The summed E-state index contributed by atoms with van der Waals surface area (Å²) in [5, 5.41) is 0.384. The number of fused-ring (bicyclic) bond motifs is 1. The summed E-state index contributed by atoms with van der Waals surface area (Å²) in [5.41, 5.74) is 3.24. The molecule has 0 saturated heterocycles. The van der Waals surface area contributed by atoms with Crippen molar-refractivity contribution in [2.75, 3.05) is 36.4 Å². The number of carbonyl (C=O) groups is 1. The molecule has 11 heteroatoms. The molecule has 3 aromatic rings. The van der Waals surface area contributed by atoms with E-state index in [1.54, 1.807) is 36.4 Å². The largest absolute Gasteiger partial charge is 0.310 e. The zero-order valence-electron chi connectivity index (χ0n) is 21.0. The summed E-state index contributed by atoms with van der Waals surface area (Å²) in [5.74, 6) is -0.436. The Labute approximate surface area is 223 Å². The molecular weight excluding hydrogens is 534 g/mol. The third-order valence-electron chi connectivity index (χ3n) is 6.36. The summed E-state index contributed by atoms with van der Waals surface area (Å²) in [4.78, 5) is 15.2. The van der Waals surface area contributed by atoms with Crippen molar-refractivity contribution >= 4 is 48.9 Å². The summed E-state index contributed by atoms with van der Waals surface area (Å²) in [6, 6.07) is 15.9. The lowest BCUT2D eigenvalue weighted by Crippen LogP contribution is -2.42. The maximum absolute atomic E-state index is 13.7. The van der Waals surface area contributed by atoms with Crippen LogP contribution in [0.5, 0.6) is 0 Å². The smallest absolute Gasteiger partial charge is 0.264 e. The normalized spacial score (nSPS) is 13.6. The van der Waals surface area contributed by atoms with Crippen molar-refractivity contribution in [1.29, 1.82) is 0 Å². The molecule has 196 valence electrons. The first kappa shape index (κ1) is 27.1. The number of carbonyl (C=O) groups excluding carboxylic acids is 1. The fourth-order valence-electron chi connectivity index (χ4n) is 4.11. The molecule has 3 aromatic carbocycles. The van der Waals surface area contributed by atoms with E-state index in [0.29, 0.717) is 29.2 Å². The molecule has 1 heterocycles. The van der Waals surface area contributed by atoms with Gasteiger partial charge in [0.25, 0.3) is 10.0 Å². The van der Waals surface area contributed by atoms with Gasteiger partial charge in [-0.3, -0.25) is 9.10 Å². The van der Waals surface area contributed by atoms with Crippen LogP contribution in [0.15, 0.2) is 70.5 Å². The molecular formula is C26H28ClN3O5S2. The van der Waals surface area contributed by atoms with E-state index in [1.165, 1.54) is 43.3 Å². The molecule has 0 N–H and O–H groups in total. The average molecular weight is 562 g/mol. The first-order chi connectivity index (χ1) is 17.3. The zero-order chi connectivity index (χ0) is 27.1. The van der Waals surface area contributed by atoms with Gasteiger partial charge in [-0.05, 0) is 73.9 Å². The van der Waals surface area contributed by atoms with Gasteiger partial charge in [0.05, 0.1) is 15.5 Å². The number of sulfonamides is 2. The molecule has 0 saturated carbocycles. The minimum absolute atomic E-state index is 0.0583. The number of anilines is 2. The van der Waals surface area contributed by atoms with E-state index in [0.717, 1.165) is 19.7 Å². The fourth-order valence-corrected chi connectivity index (χ4v) is 6.64. The van der Waals surface area contributed by atoms with Crippen molar-refractivity contribution in [2.45, 2.75) is 30.1 Å². The number of hydrogen-bond donors (Lipinski definition) is 0. The third-order valence-corrected chi connectivity index (χ3v) is 10.4. The second kappa shape index (κ2) is 10.1. The fraction of sp³-hybridized carbons (Fsp3) is 0.269. The molecule has 1 aliphatic rings. The van der Waals surface area contributed by atoms with E-state index in [1.807, 2.05) is 13.8 Å². The van der Waals surface area contributed by atoms with Crippen LogP contribution in [0.2, 0.25) is 5.02 Å². The number of halogens is 1. The van der Waals surface area contributed by atoms with Crippen LogP contribution < -0.4 is 9.21 Å². The predicted octanol–water partition coefficient (Wildman–Crippen LogP) is 3.99. The second-order valence-electron chi connectivity index (χ2n) is 9.13. The molecule has 1 aliphatic heterocycles. The number of amides is 1. The van der Waals surface area contributed by atoms with Crippen LogP contribution >= 0.6 is 11.6 Å². The van der Waals surface area contributed by atoms with Gasteiger partial charge in [0.15, 0.2) is 0 Å². The second-order valence-corrected chi connectivity index (χ2v) is 13.6. The highest BCUT2D eigenvalue weighted by Gasteiger charge is 2.32. The average Bonchev–Trinajstić information content (AvgIpc) is 3.28. The Kier molecular flexibility index (Phi) is 7.40. The van der Waals surface area contributed by atoms with E-state index in [2.05, 4.69) is 0 Å². The van der Waals surface area contributed by atoms with Gasteiger partial charge in [-0.2, -0.15) is 0 Å². The molecule has 0 atom stereocenters. The molecule has 0 aliphatic carbocycles. The number of nitrogens with zero attached hydrogens (tertiary/aromatic N) is 3. The Balaban J connectivity index is 1.70. The number of hydrogen-bond acceptors (Lipinski definition) is 5. The monoisotopic (exact) mass is 561 g/mol. The van der Waals surface area contributed by atoms with Gasteiger partial charge in [0.1, 0.15) is 6.54 Å². The van der Waals surface area contributed by atoms with Crippen molar-refractivity contribution in [1.82, 2.24) is 4.31 Å². The zero-order valence-corrected chi connectivity index (χ0v) is 23.4. The standard InChI is InChI=1S/C26H28ClN3O5S2/c1-18-5-9-22(10-6-18)37(34,35)30(21-8-7-19(2)24(27)16-21)17-26(31)29-14-13-20-15-23(11-12-25(20)29)36(32,33)28(3)4/h5-12,15-16H,13-14,17H2,1-4H3. The van der Waals surface area contributed by atoms with Crippen LogP contribution in [0, 0.1) is 13.8 Å². The Bertz CT molecular complexity index is 1570. The summed E-state index contributed by atoms with van der Waals surface area (Å²) in [6.07, 6.45) is 0.457. The van der Waals surface area contributed by atoms with Gasteiger partial charge in [-0.25, -0.2) is 21.1 Å². The van der Waals surface area contributed by atoms with E-state index < -0.39 is 32.5 Å². The van der Waals surface area contributed by atoms with Gasteiger partial charge < -0.3 is 4.90 Å². The SMILES string of the molecule is Cc1ccc(S(=O)(=O)N(CC(=O)N2CCc3cc(S(=O)(=O)N(C)C)ccc32)c2ccc(C)c(Cl)c2)cc1. The van der Waals surface area contributed by atoms with Crippen molar-refractivity contribution < 1.29 is 21.6 Å². The predicted molar refractivity (Wildman–Crippen MR) is 145 cm³/mol. The van der Waals surface area contributed by atoms with E-state index in [9.17, 15) is 21.6 Å². The lowest BCUT2D eigenvalue weighted by atomic mass is 10.2. The Morgan fingerprint density at radius 3 is 2.16 bits per heavy atom. The van der Waals surface area contributed by atoms with Crippen molar-refractivity contribution in [2.24, 2.45) is 0 Å². The molecule has 0 unspecified atom stereocenters. The van der Waals surface area contributed by atoms with Gasteiger partial charge >= 0.3 is 0 Å². The first-order valence-corrected chi connectivity index (χ1v) is 14.8. The lowest BCUT2D eigenvalue weighted by Gasteiger charge is -2.27. The summed E-state index contributed by atoms with van der Waals surface area (Å²) in [7, 11) is -4.80. The van der Waals surface area contributed by atoms with Crippen LogP contribution in [0.3, 0.4) is 0 Å². The van der Waals surface area contributed by atoms with Gasteiger partial charge in [-0.15, -0.1) is 0 Å². The summed E-state index contributed by atoms with van der Waals surface area (Å²) < 4.78 is 54.6. The highest BCUT2D eigenvalue weighted by molar-refractivity contribution is 7.92. The third kappa shape index (κ3) is 5.24. The van der Waals surface area contributed by atoms with Gasteiger partial charge in [0.2, 0.25) is 15.9 Å². The maximum atomic E-state index is 13.7. The Hall–Kier alpha value is -2.92. The number of aryl methyl sites for hydroxylation is 2. The van der Waals surface area contributed by atoms with Gasteiger partial charge in [-0.1, -0.05) is 35.4 Å². The highest BCUT2D eigenvalue weighted by Crippen LogP contribution is 2.33. The summed E-state index contributed by atoms with van der Waals surface area (Å²) in [6.45, 7) is 3.53. The topological polar surface area (TPSA) is 95.1 Å². The highest BCUT2D eigenvalue weighted by atomic mass is 35.5. The van der Waals surface area contributed by atoms with E-state index in [-0.39, 0.29) is 15.5 Å². The maximum Gasteiger partial charge on any atom is 0.264 e. The molecule has 0 radical (unpaired) electrons. The van der Waals surface area contributed by atoms with E-state index in [4.69, 9.17) is 11.6 Å². The quantitative estimate of drug-likeness (QED) is 0.435. The Morgan fingerprint density at radius 2 is 1.54 bits per heavy atom. The van der Waals surface area contributed by atoms with Crippen LogP contribution in [0.4, 0.5) is 11.4 Å². The molecule has 37 heavy (non-hydrogen) atoms. The number of rotatable bonds is 7. The molecule has 0 bridgehead atoms. The van der Waals surface area contributed by atoms with Crippen molar-refractivity contribution in [3.8, 4) is 0 Å². The minimum atomic E-state index is -4.10. The molecule has 0 fully saturated rings. The summed E-state index contributed by atoms with van der Waals surface area (Å²) >= 11 is 6.31. The molecule has 0 spiro atoms. The molecule has 8 nitrogen and oxygen atoms in total.